The fourth-order valence-electron chi connectivity index (χ4n) is 3.37. The normalized spacial score (nSPS) is 15.3. The molecule has 0 saturated heterocycles. The lowest BCUT2D eigenvalue weighted by Crippen LogP contribution is -2.61. The molecule has 0 fully saturated rings. The smallest absolute Gasteiger partial charge is 0.326 e. The molecule has 0 aromatic carbocycles. The van der Waals surface area contributed by atoms with E-state index in [0.29, 0.717) is 6.42 Å². The molecule has 17 nitrogen and oxygen atoms in total. The van der Waals surface area contributed by atoms with Crippen molar-refractivity contribution in [2.75, 3.05) is 0 Å². The largest absolute Gasteiger partial charge is 0.481 e. The van der Waals surface area contributed by atoms with E-state index in [2.05, 4.69) is 21.3 Å². The molecule has 6 atom stereocenters. The Hall–Kier alpha value is -4.28. The summed E-state index contributed by atoms with van der Waals surface area (Å²) < 4.78 is 0. The first-order valence-corrected chi connectivity index (χ1v) is 12.4. The van der Waals surface area contributed by atoms with Crippen molar-refractivity contribution in [1.82, 2.24) is 21.3 Å². The second kappa shape index (κ2) is 16.6. The van der Waals surface area contributed by atoms with E-state index in [1.54, 1.807) is 27.7 Å². The molecule has 0 bridgehead atoms. The first-order chi connectivity index (χ1) is 18.4. The maximum atomic E-state index is 13.2. The van der Waals surface area contributed by atoms with Crippen LogP contribution in [0.1, 0.15) is 53.4 Å². The molecule has 0 aliphatic rings. The molecule has 226 valence electrons. The Kier molecular flexibility index (Phi) is 14.9. The fourth-order valence-corrected chi connectivity index (χ4v) is 3.37. The van der Waals surface area contributed by atoms with Crippen LogP contribution >= 0.6 is 0 Å². The monoisotopic (exact) mass is 573 g/mol. The number of hydrogen-bond acceptors (Lipinski definition) is 9. The van der Waals surface area contributed by atoms with Crippen LogP contribution in [0.2, 0.25) is 0 Å². The minimum absolute atomic E-state index is 0.364. The van der Waals surface area contributed by atoms with Crippen molar-refractivity contribution in [3.63, 3.8) is 0 Å². The Morgan fingerprint density at radius 1 is 0.650 bits per heavy atom. The molecule has 6 amide bonds. The summed E-state index contributed by atoms with van der Waals surface area (Å²) in [5.74, 6) is -9.86. The summed E-state index contributed by atoms with van der Waals surface area (Å²) in [6, 6.07) is -7.40. The van der Waals surface area contributed by atoms with Crippen LogP contribution in [0.4, 0.5) is 0 Å². The van der Waals surface area contributed by atoms with E-state index in [1.165, 1.54) is 0 Å². The summed E-state index contributed by atoms with van der Waals surface area (Å²) in [6.07, 6.45) is -1.78. The van der Waals surface area contributed by atoms with Gasteiger partial charge in [-0.1, -0.05) is 34.1 Å². The average molecular weight is 574 g/mol. The van der Waals surface area contributed by atoms with E-state index in [4.69, 9.17) is 17.2 Å². The zero-order valence-corrected chi connectivity index (χ0v) is 22.8. The molecule has 0 unspecified atom stereocenters. The number of carboxylic acid groups (broad SMARTS) is 2. The molecule has 0 aliphatic heterocycles. The van der Waals surface area contributed by atoms with Gasteiger partial charge < -0.3 is 48.7 Å². The molecule has 0 aromatic rings. The highest BCUT2D eigenvalue weighted by molar-refractivity contribution is 5.97. The van der Waals surface area contributed by atoms with Crippen LogP contribution < -0.4 is 38.5 Å². The molecule has 17 heteroatoms. The highest BCUT2D eigenvalue weighted by Crippen LogP contribution is 2.11. The molecule has 12 N–H and O–H groups in total. The van der Waals surface area contributed by atoms with Crippen molar-refractivity contribution in [2.24, 2.45) is 29.0 Å². The lowest BCUT2D eigenvalue weighted by molar-refractivity contribution is -0.144. The van der Waals surface area contributed by atoms with Crippen LogP contribution in [-0.4, -0.2) is 87.8 Å². The second-order valence-electron chi connectivity index (χ2n) is 9.61. The summed E-state index contributed by atoms with van der Waals surface area (Å²) in [4.78, 5) is 96.2. The second-order valence-corrected chi connectivity index (χ2v) is 9.61. The van der Waals surface area contributed by atoms with Gasteiger partial charge >= 0.3 is 11.9 Å². The minimum atomic E-state index is -1.68. The van der Waals surface area contributed by atoms with Gasteiger partial charge in [-0.25, -0.2) is 4.79 Å². The lowest BCUT2D eigenvalue weighted by atomic mass is 9.96. The van der Waals surface area contributed by atoms with Crippen molar-refractivity contribution in [1.29, 1.82) is 0 Å². The summed E-state index contributed by atoms with van der Waals surface area (Å²) in [5.41, 5.74) is 15.6. The Bertz CT molecular complexity index is 987. The predicted octanol–water partition coefficient (Wildman–Crippen LogP) is -3.73. The first kappa shape index (κ1) is 35.7. The first-order valence-electron chi connectivity index (χ1n) is 12.4. The van der Waals surface area contributed by atoms with Gasteiger partial charge in [0.25, 0.3) is 0 Å². The Morgan fingerprint density at radius 3 is 1.55 bits per heavy atom. The zero-order valence-electron chi connectivity index (χ0n) is 22.8. The Labute approximate surface area is 230 Å². The summed E-state index contributed by atoms with van der Waals surface area (Å²) in [5, 5.41) is 27.6. The van der Waals surface area contributed by atoms with Gasteiger partial charge in [0.1, 0.15) is 24.2 Å². The number of nitrogens with two attached hydrogens (primary N) is 3. The highest BCUT2D eigenvalue weighted by Gasteiger charge is 2.35. The van der Waals surface area contributed by atoms with E-state index in [0.717, 1.165) is 0 Å². The molecule has 0 spiro atoms. The maximum absolute atomic E-state index is 13.2. The van der Waals surface area contributed by atoms with Gasteiger partial charge in [-0.05, 0) is 11.8 Å². The third kappa shape index (κ3) is 12.5. The number of carbonyl (C=O) groups is 8. The quantitative estimate of drug-likeness (QED) is 0.0767. The molecule has 0 radical (unpaired) electrons. The SMILES string of the molecule is CC[C@H](C)[C@H](NC(=O)[C@@H](NC(=O)[C@H](CC(=O)O)NC(=O)[C@@H](N)CC(N)=O)C(C)C)C(=O)N[C@@H](CC(N)=O)C(=O)O. The van der Waals surface area contributed by atoms with E-state index in [9.17, 15) is 48.6 Å². The number of primary amides is 2. The molecule has 0 aliphatic carbocycles. The van der Waals surface area contributed by atoms with Gasteiger partial charge in [-0.2, -0.15) is 0 Å². The van der Waals surface area contributed by atoms with E-state index < -0.39 is 109 Å². The van der Waals surface area contributed by atoms with Crippen LogP contribution in [0.15, 0.2) is 0 Å². The number of rotatable bonds is 18. The van der Waals surface area contributed by atoms with Crippen LogP contribution in [-0.2, 0) is 38.4 Å². The zero-order chi connectivity index (χ0) is 31.3. The summed E-state index contributed by atoms with van der Waals surface area (Å²) in [7, 11) is 0. The van der Waals surface area contributed by atoms with E-state index in [-0.39, 0.29) is 0 Å². The minimum Gasteiger partial charge on any atom is -0.481 e. The fraction of sp³-hybridized carbons (Fsp3) is 0.652. The van der Waals surface area contributed by atoms with Gasteiger partial charge in [0, 0.05) is 0 Å². The van der Waals surface area contributed by atoms with Gasteiger partial charge in [0.15, 0.2) is 0 Å². The molecular weight excluding hydrogens is 534 g/mol. The summed E-state index contributed by atoms with van der Waals surface area (Å²) >= 11 is 0. The number of nitrogens with one attached hydrogen (secondary N) is 4. The third-order valence-electron chi connectivity index (χ3n) is 5.83. The molecular formula is C23H39N7O10. The predicted molar refractivity (Wildman–Crippen MR) is 138 cm³/mol. The topological polar surface area (TPSA) is 303 Å². The molecule has 0 heterocycles. The van der Waals surface area contributed by atoms with Crippen LogP contribution in [0, 0.1) is 11.8 Å². The molecule has 0 saturated carbocycles. The number of hydrogen-bond donors (Lipinski definition) is 9. The maximum Gasteiger partial charge on any atom is 0.326 e. The molecule has 40 heavy (non-hydrogen) atoms. The molecule has 0 aromatic heterocycles. The van der Waals surface area contributed by atoms with Gasteiger partial charge in [-0.15, -0.1) is 0 Å². The third-order valence-corrected chi connectivity index (χ3v) is 5.83. The van der Waals surface area contributed by atoms with Crippen LogP contribution in [0.3, 0.4) is 0 Å². The lowest BCUT2D eigenvalue weighted by Gasteiger charge is -2.29. The van der Waals surface area contributed by atoms with Gasteiger partial charge in [0.05, 0.1) is 25.3 Å². The van der Waals surface area contributed by atoms with Crippen molar-refractivity contribution in [3.8, 4) is 0 Å². The van der Waals surface area contributed by atoms with E-state index in [1.807, 2.05) is 0 Å². The number of carbonyl (C=O) groups excluding carboxylic acids is 6. The van der Waals surface area contributed by atoms with Crippen molar-refractivity contribution >= 4 is 47.4 Å². The van der Waals surface area contributed by atoms with E-state index >= 15 is 0 Å². The van der Waals surface area contributed by atoms with Crippen molar-refractivity contribution in [2.45, 2.75) is 83.6 Å². The van der Waals surface area contributed by atoms with Crippen molar-refractivity contribution < 1.29 is 48.6 Å². The standard InChI is InChI=1S/C23H39N7O10/c1-5-10(4)18(22(38)28-13(23(39)40)7-15(26)32)30-21(37)17(9(2)3)29-20(36)12(8-16(33)34)27-19(35)11(24)6-14(25)31/h9-13,17-18H,5-8,24H2,1-4H3,(H2,25,31)(H2,26,32)(H,27,35)(H,28,38)(H,29,36)(H,30,37)(H,33,34)(H,39,40)/t10-,11-,12-,13-,17-,18-/m0/s1. The number of carboxylic acids is 2. The average Bonchev–Trinajstić information content (AvgIpc) is 2.82. The highest BCUT2D eigenvalue weighted by atomic mass is 16.4. The van der Waals surface area contributed by atoms with Crippen molar-refractivity contribution in [3.05, 3.63) is 0 Å². The van der Waals surface area contributed by atoms with Gasteiger partial charge in [-0.3, -0.25) is 33.6 Å². The summed E-state index contributed by atoms with van der Waals surface area (Å²) in [6.45, 7) is 6.40. The number of amides is 6. The van der Waals surface area contributed by atoms with Gasteiger partial charge in [0.2, 0.25) is 35.4 Å². The number of aliphatic carboxylic acids is 2. The van der Waals surface area contributed by atoms with Crippen LogP contribution in [0.25, 0.3) is 0 Å². The Morgan fingerprint density at radius 2 is 1.12 bits per heavy atom. The molecule has 0 rings (SSSR count). The van der Waals surface area contributed by atoms with Crippen LogP contribution in [0.5, 0.6) is 0 Å². The Balaban J connectivity index is 5.84.